The summed E-state index contributed by atoms with van der Waals surface area (Å²) in [7, 11) is 3.17. The first-order valence-corrected chi connectivity index (χ1v) is 8.95. The molecule has 3 aromatic rings. The van der Waals surface area contributed by atoms with Crippen LogP contribution in [0, 0.1) is 0 Å². The Kier molecular flexibility index (Phi) is 5.46. The van der Waals surface area contributed by atoms with Crippen molar-refractivity contribution in [1.82, 2.24) is 9.97 Å². The average molecular weight is 419 g/mol. The highest BCUT2D eigenvalue weighted by Gasteiger charge is 2.15. The first-order valence-electron chi connectivity index (χ1n) is 8.16. The van der Waals surface area contributed by atoms with Crippen molar-refractivity contribution >= 4 is 32.9 Å². The zero-order valence-corrected chi connectivity index (χ0v) is 16.3. The van der Waals surface area contributed by atoms with Crippen LogP contribution in [0.2, 0.25) is 0 Å². The van der Waals surface area contributed by atoms with Crippen LogP contribution in [0.25, 0.3) is 22.4 Å². The van der Waals surface area contributed by atoms with Crippen LogP contribution in [0.1, 0.15) is 23.7 Å². The number of carbonyl (C=O) groups is 1. The molecule has 0 saturated heterocycles. The number of nitrogens with zero attached hydrogens (tertiary/aromatic N) is 1. The normalized spacial score (nSPS) is 10.8. The quantitative estimate of drug-likeness (QED) is 0.593. The molecule has 0 bridgehead atoms. The minimum Gasteiger partial charge on any atom is -0.493 e. The summed E-state index contributed by atoms with van der Waals surface area (Å²) in [6, 6.07) is 9.01. The van der Waals surface area contributed by atoms with Gasteiger partial charge in [-0.05, 0) is 52.7 Å². The molecular formula is C19H19BrN2O4. The molecule has 0 saturated carbocycles. The van der Waals surface area contributed by atoms with E-state index in [2.05, 4.69) is 25.9 Å². The predicted octanol–water partition coefficient (Wildman–Crippen LogP) is 4.58. The van der Waals surface area contributed by atoms with Gasteiger partial charge in [-0.1, -0.05) is 6.92 Å². The molecule has 2 aromatic carbocycles. The van der Waals surface area contributed by atoms with Gasteiger partial charge < -0.3 is 19.2 Å². The zero-order chi connectivity index (χ0) is 18.7. The van der Waals surface area contributed by atoms with Crippen LogP contribution in [0.5, 0.6) is 11.5 Å². The highest BCUT2D eigenvalue weighted by atomic mass is 79.9. The van der Waals surface area contributed by atoms with Gasteiger partial charge in [0.2, 0.25) is 0 Å². The Bertz CT molecular complexity index is 952. The summed E-state index contributed by atoms with van der Waals surface area (Å²) >= 11 is 3.49. The average Bonchev–Trinajstić information content (AvgIpc) is 3.08. The Labute approximate surface area is 159 Å². The van der Waals surface area contributed by atoms with Crippen LogP contribution in [-0.4, -0.2) is 36.8 Å². The number of aromatic amines is 1. The number of aromatic nitrogens is 2. The van der Waals surface area contributed by atoms with Crippen molar-refractivity contribution in [1.29, 1.82) is 0 Å². The highest BCUT2D eigenvalue weighted by molar-refractivity contribution is 9.10. The van der Waals surface area contributed by atoms with Gasteiger partial charge in [0.15, 0.2) is 11.5 Å². The van der Waals surface area contributed by atoms with E-state index in [1.165, 1.54) is 0 Å². The van der Waals surface area contributed by atoms with Crippen molar-refractivity contribution in [3.05, 3.63) is 40.4 Å². The molecule has 0 atom stereocenters. The van der Waals surface area contributed by atoms with Gasteiger partial charge in [-0.3, -0.25) is 0 Å². The molecule has 1 aromatic heterocycles. The maximum atomic E-state index is 12.0. The molecule has 0 aliphatic rings. The van der Waals surface area contributed by atoms with Gasteiger partial charge in [-0.15, -0.1) is 0 Å². The molecule has 136 valence electrons. The number of benzene rings is 2. The molecule has 0 radical (unpaired) electrons. The van der Waals surface area contributed by atoms with Gasteiger partial charge in [0, 0.05) is 5.56 Å². The Balaban J connectivity index is 1.99. The third kappa shape index (κ3) is 3.53. The first-order chi connectivity index (χ1) is 12.6. The molecule has 0 aliphatic heterocycles. The summed E-state index contributed by atoms with van der Waals surface area (Å²) in [6.07, 6.45) is 0.788. The number of methoxy groups -OCH3 is 2. The monoisotopic (exact) mass is 418 g/mol. The lowest BCUT2D eigenvalue weighted by molar-refractivity contribution is 0.0505. The fourth-order valence-electron chi connectivity index (χ4n) is 2.61. The van der Waals surface area contributed by atoms with Crippen LogP contribution in [0.15, 0.2) is 34.8 Å². The second kappa shape index (κ2) is 7.78. The predicted molar refractivity (Wildman–Crippen MR) is 103 cm³/mol. The summed E-state index contributed by atoms with van der Waals surface area (Å²) in [5.41, 5.74) is 2.85. The van der Waals surface area contributed by atoms with Crippen LogP contribution < -0.4 is 9.47 Å². The summed E-state index contributed by atoms with van der Waals surface area (Å²) in [5, 5.41) is 0. The topological polar surface area (TPSA) is 73.4 Å². The molecule has 0 unspecified atom stereocenters. The Morgan fingerprint density at radius 3 is 2.69 bits per heavy atom. The van der Waals surface area contributed by atoms with E-state index in [1.54, 1.807) is 32.4 Å². The van der Waals surface area contributed by atoms with E-state index in [1.807, 2.05) is 19.1 Å². The van der Waals surface area contributed by atoms with Crippen molar-refractivity contribution in [3.63, 3.8) is 0 Å². The van der Waals surface area contributed by atoms with E-state index in [0.29, 0.717) is 29.5 Å². The van der Waals surface area contributed by atoms with Gasteiger partial charge >= 0.3 is 5.97 Å². The molecule has 0 fully saturated rings. The van der Waals surface area contributed by atoms with Crippen molar-refractivity contribution in [3.8, 4) is 22.9 Å². The third-order valence-electron chi connectivity index (χ3n) is 3.86. The lowest BCUT2D eigenvalue weighted by Crippen LogP contribution is -2.05. The maximum absolute atomic E-state index is 12.0. The van der Waals surface area contributed by atoms with Crippen molar-refractivity contribution < 1.29 is 19.0 Å². The van der Waals surface area contributed by atoms with Crippen molar-refractivity contribution in [2.45, 2.75) is 13.3 Å². The van der Waals surface area contributed by atoms with E-state index in [9.17, 15) is 4.79 Å². The SMILES string of the molecule is CCCOC(=O)c1ccc2nc(-c3cc(Br)c(OC)c(OC)c3)[nH]c2c1. The fraction of sp³-hybridized carbons (Fsp3) is 0.263. The molecule has 1 N–H and O–H groups in total. The smallest absolute Gasteiger partial charge is 0.338 e. The van der Waals surface area contributed by atoms with Crippen LogP contribution >= 0.6 is 15.9 Å². The lowest BCUT2D eigenvalue weighted by Gasteiger charge is -2.10. The first kappa shape index (κ1) is 18.3. The number of imidazole rings is 1. The molecule has 6 nitrogen and oxygen atoms in total. The summed E-state index contributed by atoms with van der Waals surface area (Å²) in [6.45, 7) is 2.36. The van der Waals surface area contributed by atoms with Gasteiger partial charge in [0.05, 0.1) is 41.9 Å². The van der Waals surface area contributed by atoms with E-state index in [4.69, 9.17) is 14.2 Å². The zero-order valence-electron chi connectivity index (χ0n) is 14.8. The number of hydrogen-bond acceptors (Lipinski definition) is 5. The number of nitrogens with one attached hydrogen (secondary N) is 1. The number of esters is 1. The number of carbonyl (C=O) groups excluding carboxylic acids is 1. The molecule has 0 amide bonds. The van der Waals surface area contributed by atoms with Crippen LogP contribution in [0.3, 0.4) is 0 Å². The van der Waals surface area contributed by atoms with Gasteiger partial charge in [-0.25, -0.2) is 9.78 Å². The molecule has 1 heterocycles. The lowest BCUT2D eigenvalue weighted by atomic mass is 10.2. The number of halogens is 1. The number of hydrogen-bond donors (Lipinski definition) is 1. The molecule has 7 heteroatoms. The highest BCUT2D eigenvalue weighted by Crippen LogP contribution is 2.39. The molecular weight excluding hydrogens is 400 g/mol. The molecule has 0 spiro atoms. The van der Waals surface area contributed by atoms with Crippen LogP contribution in [-0.2, 0) is 4.74 Å². The van der Waals surface area contributed by atoms with Gasteiger partial charge in [0.25, 0.3) is 0 Å². The third-order valence-corrected chi connectivity index (χ3v) is 4.45. The van der Waals surface area contributed by atoms with Crippen LogP contribution in [0.4, 0.5) is 0 Å². The summed E-state index contributed by atoms with van der Waals surface area (Å²) in [5.74, 6) is 1.55. The Morgan fingerprint density at radius 2 is 2.00 bits per heavy atom. The number of H-pyrrole nitrogens is 1. The fourth-order valence-corrected chi connectivity index (χ4v) is 3.21. The molecule has 26 heavy (non-hydrogen) atoms. The van der Waals surface area contributed by atoms with Crippen molar-refractivity contribution in [2.24, 2.45) is 0 Å². The largest absolute Gasteiger partial charge is 0.493 e. The second-order valence-corrected chi connectivity index (χ2v) is 6.50. The van der Waals surface area contributed by atoms with E-state index >= 15 is 0 Å². The maximum Gasteiger partial charge on any atom is 0.338 e. The molecule has 0 aliphatic carbocycles. The minimum atomic E-state index is -0.334. The Hall–Kier alpha value is -2.54. The van der Waals surface area contributed by atoms with Crippen molar-refractivity contribution in [2.75, 3.05) is 20.8 Å². The summed E-state index contributed by atoms with van der Waals surface area (Å²) < 4.78 is 16.7. The summed E-state index contributed by atoms with van der Waals surface area (Å²) in [4.78, 5) is 19.9. The van der Waals surface area contributed by atoms with E-state index < -0.39 is 0 Å². The number of fused-ring (bicyclic) bond motifs is 1. The minimum absolute atomic E-state index is 0.334. The van der Waals surface area contributed by atoms with E-state index in [0.717, 1.165) is 27.5 Å². The van der Waals surface area contributed by atoms with Gasteiger partial charge in [0.1, 0.15) is 5.82 Å². The molecule has 3 rings (SSSR count). The second-order valence-electron chi connectivity index (χ2n) is 5.65. The van der Waals surface area contributed by atoms with E-state index in [-0.39, 0.29) is 5.97 Å². The number of rotatable bonds is 6. The van der Waals surface area contributed by atoms with Gasteiger partial charge in [-0.2, -0.15) is 0 Å². The standard InChI is InChI=1S/C19H19BrN2O4/c1-4-7-26-19(23)11-5-6-14-15(9-11)22-18(21-14)12-8-13(20)17(25-3)16(10-12)24-2/h5-6,8-10H,4,7H2,1-3H3,(H,21,22). The number of ether oxygens (including phenoxy) is 3. The Morgan fingerprint density at radius 1 is 1.19 bits per heavy atom.